The maximum Gasteiger partial charge on any atom is 0.239 e. The minimum absolute atomic E-state index is 0.134. The van der Waals surface area contributed by atoms with E-state index in [2.05, 4.69) is 15.6 Å². The highest BCUT2D eigenvalue weighted by atomic mass is 35.5. The van der Waals surface area contributed by atoms with Gasteiger partial charge in [0.2, 0.25) is 5.91 Å². The summed E-state index contributed by atoms with van der Waals surface area (Å²) < 4.78 is 0. The van der Waals surface area contributed by atoms with Crippen molar-refractivity contribution in [1.29, 1.82) is 0 Å². The van der Waals surface area contributed by atoms with E-state index in [1.54, 1.807) is 13.1 Å². The maximum atomic E-state index is 10.9. The molecule has 0 bridgehead atoms. The van der Waals surface area contributed by atoms with Gasteiger partial charge >= 0.3 is 0 Å². The second kappa shape index (κ2) is 4.66. The number of rotatable bonds is 3. The predicted molar refractivity (Wildman–Crippen MR) is 56.2 cm³/mol. The zero-order valence-electron chi connectivity index (χ0n) is 7.67. The number of anilines is 2. The van der Waals surface area contributed by atoms with E-state index in [0.29, 0.717) is 16.7 Å². The third kappa shape index (κ3) is 3.10. The summed E-state index contributed by atoms with van der Waals surface area (Å²) in [7, 11) is 1.56. The van der Waals surface area contributed by atoms with Crippen molar-refractivity contribution in [3.05, 3.63) is 17.3 Å². The molecule has 6 heteroatoms. The summed E-state index contributed by atoms with van der Waals surface area (Å²) in [4.78, 5) is 14.8. The van der Waals surface area contributed by atoms with Crippen LogP contribution in [0.3, 0.4) is 0 Å². The van der Waals surface area contributed by atoms with E-state index >= 15 is 0 Å². The van der Waals surface area contributed by atoms with Crippen LogP contribution in [-0.2, 0) is 4.79 Å². The van der Waals surface area contributed by atoms with Crippen LogP contribution >= 0.6 is 11.6 Å². The number of nitrogen functional groups attached to an aromatic ring is 1. The molecular weight excluding hydrogens is 204 g/mol. The first-order chi connectivity index (χ1) is 6.61. The lowest BCUT2D eigenvalue weighted by Crippen LogP contribution is -2.26. The first-order valence-electron chi connectivity index (χ1n) is 3.99. The molecule has 0 saturated carbocycles. The Hall–Kier alpha value is -1.49. The first-order valence-corrected chi connectivity index (χ1v) is 4.37. The number of amides is 1. The number of aromatic nitrogens is 1. The van der Waals surface area contributed by atoms with Crippen molar-refractivity contribution in [2.24, 2.45) is 0 Å². The van der Waals surface area contributed by atoms with Crippen LogP contribution in [0.15, 0.2) is 12.1 Å². The third-order valence-electron chi connectivity index (χ3n) is 1.53. The SMILES string of the molecule is CNC(=O)CNc1cc(N)cc(Cl)n1. The fourth-order valence-electron chi connectivity index (χ4n) is 0.866. The Kier molecular flexibility index (Phi) is 3.53. The van der Waals surface area contributed by atoms with Crippen molar-refractivity contribution in [2.75, 3.05) is 24.6 Å². The second-order valence-electron chi connectivity index (χ2n) is 2.64. The molecule has 0 fully saturated rings. The quantitative estimate of drug-likeness (QED) is 0.640. The monoisotopic (exact) mass is 214 g/mol. The molecule has 1 aromatic rings. The lowest BCUT2D eigenvalue weighted by atomic mass is 10.4. The van der Waals surface area contributed by atoms with Gasteiger partial charge < -0.3 is 16.4 Å². The zero-order chi connectivity index (χ0) is 10.6. The van der Waals surface area contributed by atoms with Crippen LogP contribution in [0.2, 0.25) is 5.15 Å². The minimum Gasteiger partial charge on any atom is -0.399 e. The van der Waals surface area contributed by atoms with E-state index < -0.39 is 0 Å². The number of carbonyl (C=O) groups excluding carboxylic acids is 1. The average Bonchev–Trinajstić information content (AvgIpc) is 2.12. The van der Waals surface area contributed by atoms with E-state index in [4.69, 9.17) is 17.3 Å². The number of nitrogens with one attached hydrogen (secondary N) is 2. The van der Waals surface area contributed by atoms with Gasteiger partial charge in [-0.25, -0.2) is 4.98 Å². The summed E-state index contributed by atoms with van der Waals surface area (Å²) in [5, 5.41) is 5.56. The van der Waals surface area contributed by atoms with Crippen molar-refractivity contribution in [3.8, 4) is 0 Å². The van der Waals surface area contributed by atoms with Crippen LogP contribution in [0, 0.1) is 0 Å². The molecule has 5 nitrogen and oxygen atoms in total. The average molecular weight is 215 g/mol. The number of hydrogen-bond acceptors (Lipinski definition) is 4. The number of carbonyl (C=O) groups is 1. The number of nitrogens with zero attached hydrogens (tertiary/aromatic N) is 1. The summed E-state index contributed by atoms with van der Waals surface area (Å²) in [6, 6.07) is 3.14. The standard InChI is InChI=1S/C8H11ClN4O/c1-11-8(14)4-12-7-3-5(10)2-6(9)13-7/h2-3H,4H2,1H3,(H,11,14)(H3,10,12,13). The van der Waals surface area contributed by atoms with Gasteiger partial charge in [0.05, 0.1) is 6.54 Å². The lowest BCUT2D eigenvalue weighted by Gasteiger charge is -2.05. The van der Waals surface area contributed by atoms with Crippen molar-refractivity contribution >= 4 is 29.0 Å². The van der Waals surface area contributed by atoms with Crippen molar-refractivity contribution in [2.45, 2.75) is 0 Å². The first kappa shape index (κ1) is 10.6. The summed E-state index contributed by atoms with van der Waals surface area (Å²) in [6.45, 7) is 0.142. The molecule has 4 N–H and O–H groups in total. The molecule has 1 amide bonds. The summed E-state index contributed by atoms with van der Waals surface area (Å²) in [5.41, 5.74) is 6.04. The van der Waals surface area contributed by atoms with E-state index in [-0.39, 0.29) is 12.5 Å². The smallest absolute Gasteiger partial charge is 0.239 e. The van der Waals surface area contributed by atoms with Gasteiger partial charge in [-0.3, -0.25) is 4.79 Å². The van der Waals surface area contributed by atoms with Crippen LogP contribution in [0.25, 0.3) is 0 Å². The highest BCUT2D eigenvalue weighted by Gasteiger charge is 2.01. The topological polar surface area (TPSA) is 80.0 Å². The van der Waals surface area contributed by atoms with Crippen LogP contribution in [-0.4, -0.2) is 24.5 Å². The van der Waals surface area contributed by atoms with Gasteiger partial charge in [-0.15, -0.1) is 0 Å². The van der Waals surface area contributed by atoms with Gasteiger partial charge in [-0.2, -0.15) is 0 Å². The number of nitrogens with two attached hydrogens (primary N) is 1. The Morgan fingerprint density at radius 2 is 2.36 bits per heavy atom. The Bertz CT molecular complexity index is 322. The Labute approximate surface area is 86.7 Å². The van der Waals surface area contributed by atoms with Crippen LogP contribution in [0.4, 0.5) is 11.5 Å². The molecule has 76 valence electrons. The van der Waals surface area contributed by atoms with Gasteiger partial charge in [0.15, 0.2) is 0 Å². The summed E-state index contributed by atoms with van der Waals surface area (Å²) in [5.74, 6) is 0.351. The number of likely N-dealkylation sites (N-methyl/N-ethyl adjacent to an activating group) is 1. The number of pyridine rings is 1. The van der Waals surface area contributed by atoms with Crippen molar-refractivity contribution in [3.63, 3.8) is 0 Å². The molecule has 0 saturated heterocycles. The normalized spacial score (nSPS) is 9.57. The van der Waals surface area contributed by atoms with E-state index in [0.717, 1.165) is 0 Å². The molecule has 0 radical (unpaired) electrons. The number of halogens is 1. The maximum absolute atomic E-state index is 10.9. The molecule has 1 rings (SSSR count). The van der Waals surface area contributed by atoms with Crippen LogP contribution in [0.1, 0.15) is 0 Å². The molecule has 0 atom stereocenters. The van der Waals surface area contributed by atoms with Gasteiger partial charge in [0.25, 0.3) is 0 Å². The number of hydrogen-bond donors (Lipinski definition) is 3. The van der Waals surface area contributed by atoms with Gasteiger partial charge in [-0.1, -0.05) is 11.6 Å². The second-order valence-corrected chi connectivity index (χ2v) is 3.02. The van der Waals surface area contributed by atoms with Crippen molar-refractivity contribution in [1.82, 2.24) is 10.3 Å². The van der Waals surface area contributed by atoms with Crippen LogP contribution in [0.5, 0.6) is 0 Å². The largest absolute Gasteiger partial charge is 0.399 e. The third-order valence-corrected chi connectivity index (χ3v) is 1.72. The van der Waals surface area contributed by atoms with Crippen LogP contribution < -0.4 is 16.4 Å². The van der Waals surface area contributed by atoms with Gasteiger partial charge in [0.1, 0.15) is 11.0 Å². The van der Waals surface area contributed by atoms with Gasteiger partial charge in [-0.05, 0) is 6.07 Å². The highest BCUT2D eigenvalue weighted by Crippen LogP contribution is 2.15. The van der Waals surface area contributed by atoms with E-state index in [9.17, 15) is 4.79 Å². The Morgan fingerprint density at radius 1 is 1.64 bits per heavy atom. The molecule has 0 aliphatic carbocycles. The molecule has 0 aromatic carbocycles. The molecule has 0 aliphatic rings. The van der Waals surface area contributed by atoms with Crippen molar-refractivity contribution < 1.29 is 4.79 Å². The molecule has 0 unspecified atom stereocenters. The Balaban J connectivity index is 2.63. The molecule has 0 spiro atoms. The lowest BCUT2D eigenvalue weighted by molar-refractivity contribution is -0.118. The molecule has 1 heterocycles. The minimum atomic E-state index is -0.134. The highest BCUT2D eigenvalue weighted by molar-refractivity contribution is 6.29. The summed E-state index contributed by atoms with van der Waals surface area (Å²) in [6.07, 6.45) is 0. The fourth-order valence-corrected chi connectivity index (χ4v) is 1.08. The van der Waals surface area contributed by atoms with Gasteiger partial charge in [0, 0.05) is 18.8 Å². The van der Waals surface area contributed by atoms with E-state index in [1.165, 1.54) is 6.07 Å². The summed E-state index contributed by atoms with van der Waals surface area (Å²) >= 11 is 5.67. The zero-order valence-corrected chi connectivity index (χ0v) is 8.43. The molecule has 0 aliphatic heterocycles. The Morgan fingerprint density at radius 3 is 2.93 bits per heavy atom. The molecule has 1 aromatic heterocycles. The molecular formula is C8H11ClN4O. The molecule has 14 heavy (non-hydrogen) atoms. The fraction of sp³-hybridized carbons (Fsp3) is 0.250. The predicted octanol–water partition coefficient (Wildman–Crippen LogP) is 0.475. The van der Waals surface area contributed by atoms with E-state index in [1.807, 2.05) is 0 Å².